The van der Waals surface area contributed by atoms with Gasteiger partial charge in [0.15, 0.2) is 5.69 Å². The second-order valence-corrected chi connectivity index (χ2v) is 5.05. The van der Waals surface area contributed by atoms with Crippen LogP contribution in [0.25, 0.3) is 0 Å². The lowest BCUT2D eigenvalue weighted by atomic mass is 10.4. The van der Waals surface area contributed by atoms with Gasteiger partial charge in [-0.25, -0.2) is 18.4 Å². The van der Waals surface area contributed by atoms with Gasteiger partial charge < -0.3 is 9.47 Å². The summed E-state index contributed by atoms with van der Waals surface area (Å²) in [5.74, 6) is -0.834. The van der Waals surface area contributed by atoms with E-state index in [-0.39, 0.29) is 22.9 Å². The SMILES string of the molecule is COCCCOC(=O)c1n[nH]c(C)c1S(N)(=O)=O. The zero-order valence-electron chi connectivity index (χ0n) is 10.1. The van der Waals surface area contributed by atoms with Gasteiger partial charge in [0.2, 0.25) is 10.0 Å². The van der Waals surface area contributed by atoms with Crippen molar-refractivity contribution in [2.45, 2.75) is 18.2 Å². The Morgan fingerprint density at radius 1 is 1.44 bits per heavy atom. The van der Waals surface area contributed by atoms with Crippen molar-refractivity contribution < 1.29 is 22.7 Å². The van der Waals surface area contributed by atoms with Crippen LogP contribution in [0.15, 0.2) is 4.90 Å². The molecule has 1 aromatic rings. The lowest BCUT2D eigenvalue weighted by Crippen LogP contribution is -2.18. The van der Waals surface area contributed by atoms with Crippen LogP contribution < -0.4 is 5.14 Å². The summed E-state index contributed by atoms with van der Waals surface area (Å²) in [7, 11) is -2.49. The average molecular weight is 277 g/mol. The van der Waals surface area contributed by atoms with E-state index >= 15 is 0 Å². The van der Waals surface area contributed by atoms with Gasteiger partial charge >= 0.3 is 5.97 Å². The average Bonchev–Trinajstić information content (AvgIpc) is 2.66. The number of methoxy groups -OCH3 is 1. The Kier molecular flexibility index (Phi) is 4.82. The number of nitrogens with two attached hydrogens (primary N) is 1. The van der Waals surface area contributed by atoms with E-state index in [1.807, 2.05) is 0 Å². The predicted octanol–water partition coefficient (Wildman–Crippen LogP) is -0.441. The smallest absolute Gasteiger partial charge is 0.360 e. The van der Waals surface area contributed by atoms with E-state index in [2.05, 4.69) is 10.2 Å². The van der Waals surface area contributed by atoms with E-state index in [1.165, 1.54) is 14.0 Å². The van der Waals surface area contributed by atoms with Gasteiger partial charge in [-0.1, -0.05) is 0 Å². The molecular weight excluding hydrogens is 262 g/mol. The molecule has 0 spiro atoms. The molecule has 9 heteroatoms. The first kappa shape index (κ1) is 14.6. The van der Waals surface area contributed by atoms with Crippen molar-refractivity contribution in [3.8, 4) is 0 Å². The van der Waals surface area contributed by atoms with E-state index in [1.54, 1.807) is 0 Å². The van der Waals surface area contributed by atoms with E-state index < -0.39 is 16.0 Å². The number of nitrogens with one attached hydrogen (secondary N) is 1. The molecule has 0 aliphatic rings. The number of hydrogen-bond donors (Lipinski definition) is 2. The van der Waals surface area contributed by atoms with E-state index in [0.717, 1.165) is 0 Å². The van der Waals surface area contributed by atoms with Gasteiger partial charge in [-0.05, 0) is 6.92 Å². The molecule has 0 aliphatic carbocycles. The lowest BCUT2D eigenvalue weighted by Gasteiger charge is -2.03. The highest BCUT2D eigenvalue weighted by Crippen LogP contribution is 2.16. The van der Waals surface area contributed by atoms with Crippen LogP contribution in [0.3, 0.4) is 0 Å². The molecule has 0 saturated heterocycles. The Bertz CT molecular complexity index is 522. The maximum atomic E-state index is 11.6. The van der Waals surface area contributed by atoms with Crippen LogP contribution in [-0.2, 0) is 19.5 Å². The molecule has 0 atom stereocenters. The number of nitrogens with zero attached hydrogens (tertiary/aromatic N) is 1. The fraction of sp³-hybridized carbons (Fsp3) is 0.556. The molecular formula is C9H15N3O5S. The third-order valence-corrected chi connectivity index (χ3v) is 3.16. The summed E-state index contributed by atoms with van der Waals surface area (Å²) in [6.07, 6.45) is 0.510. The molecule has 0 bridgehead atoms. The third-order valence-electron chi connectivity index (χ3n) is 2.09. The van der Waals surface area contributed by atoms with Gasteiger partial charge in [-0.3, -0.25) is 5.10 Å². The Morgan fingerprint density at radius 3 is 2.67 bits per heavy atom. The van der Waals surface area contributed by atoms with Gasteiger partial charge in [0.25, 0.3) is 0 Å². The molecule has 0 radical (unpaired) electrons. The van der Waals surface area contributed by atoms with Gasteiger partial charge in [0.05, 0.1) is 12.3 Å². The Balaban J connectivity index is 2.81. The van der Waals surface area contributed by atoms with E-state index in [9.17, 15) is 13.2 Å². The van der Waals surface area contributed by atoms with Gasteiger partial charge in [-0.15, -0.1) is 0 Å². The molecule has 1 heterocycles. The summed E-state index contributed by atoms with van der Waals surface area (Å²) in [5.41, 5.74) is -0.131. The largest absolute Gasteiger partial charge is 0.461 e. The van der Waals surface area contributed by atoms with Crippen molar-refractivity contribution in [3.63, 3.8) is 0 Å². The summed E-state index contributed by atoms with van der Waals surface area (Å²) in [6.45, 7) is 2.01. The minimum absolute atomic E-state index is 0.114. The van der Waals surface area contributed by atoms with Crippen LogP contribution >= 0.6 is 0 Å². The van der Waals surface area contributed by atoms with Crippen LogP contribution in [0.1, 0.15) is 22.6 Å². The number of aromatic nitrogens is 2. The predicted molar refractivity (Wildman–Crippen MR) is 61.5 cm³/mol. The highest BCUT2D eigenvalue weighted by Gasteiger charge is 2.26. The van der Waals surface area contributed by atoms with Crippen LogP contribution in [0, 0.1) is 6.92 Å². The number of hydrogen-bond acceptors (Lipinski definition) is 6. The number of ether oxygens (including phenoxy) is 2. The van der Waals surface area contributed by atoms with Gasteiger partial charge in [-0.2, -0.15) is 5.10 Å². The molecule has 18 heavy (non-hydrogen) atoms. The second kappa shape index (κ2) is 5.94. The zero-order chi connectivity index (χ0) is 13.8. The number of esters is 1. The maximum Gasteiger partial charge on any atom is 0.360 e. The van der Waals surface area contributed by atoms with Crippen LogP contribution in [0.4, 0.5) is 0 Å². The molecule has 1 aromatic heterocycles. The summed E-state index contributed by atoms with van der Waals surface area (Å²) in [4.78, 5) is 11.3. The molecule has 0 saturated carbocycles. The first-order chi connectivity index (χ1) is 8.38. The number of sulfonamides is 1. The van der Waals surface area contributed by atoms with Gasteiger partial charge in [0.1, 0.15) is 4.90 Å². The molecule has 3 N–H and O–H groups in total. The van der Waals surface area contributed by atoms with Crippen molar-refractivity contribution in [1.82, 2.24) is 10.2 Å². The molecule has 0 unspecified atom stereocenters. The number of rotatable bonds is 6. The topological polar surface area (TPSA) is 124 Å². The minimum atomic E-state index is -4.02. The fourth-order valence-electron chi connectivity index (χ4n) is 1.34. The molecule has 0 amide bonds. The molecule has 1 rings (SSSR count). The summed E-state index contributed by atoms with van der Waals surface area (Å²) >= 11 is 0. The molecule has 8 nitrogen and oxygen atoms in total. The lowest BCUT2D eigenvalue weighted by molar-refractivity contribution is 0.0457. The Labute approximate surface area is 105 Å². The summed E-state index contributed by atoms with van der Waals surface area (Å²) in [5, 5.41) is 11.0. The Morgan fingerprint density at radius 2 is 2.11 bits per heavy atom. The van der Waals surface area contributed by atoms with E-state index in [0.29, 0.717) is 13.0 Å². The second-order valence-electron chi connectivity index (χ2n) is 3.55. The number of primary sulfonamides is 1. The molecule has 102 valence electrons. The Hall–Kier alpha value is -1.45. The molecule has 0 fully saturated rings. The van der Waals surface area contributed by atoms with Crippen molar-refractivity contribution >= 4 is 16.0 Å². The quantitative estimate of drug-likeness (QED) is 0.536. The monoisotopic (exact) mass is 277 g/mol. The van der Waals surface area contributed by atoms with Crippen molar-refractivity contribution in [1.29, 1.82) is 0 Å². The van der Waals surface area contributed by atoms with E-state index in [4.69, 9.17) is 14.6 Å². The minimum Gasteiger partial charge on any atom is -0.461 e. The number of carbonyl (C=O) groups is 1. The standard InChI is InChI=1S/C9H15N3O5S/c1-6-8(18(10,14)15)7(12-11-6)9(13)17-5-3-4-16-2/h3-5H2,1-2H3,(H,11,12)(H2,10,14,15). The molecule has 0 aliphatic heterocycles. The van der Waals surface area contributed by atoms with Crippen molar-refractivity contribution in [2.75, 3.05) is 20.3 Å². The first-order valence-electron chi connectivity index (χ1n) is 5.11. The number of H-pyrrole nitrogens is 1. The van der Waals surface area contributed by atoms with Crippen LogP contribution in [0.2, 0.25) is 0 Å². The highest BCUT2D eigenvalue weighted by atomic mass is 32.2. The fourth-order valence-corrected chi connectivity index (χ4v) is 2.21. The third kappa shape index (κ3) is 3.52. The maximum absolute atomic E-state index is 11.6. The first-order valence-corrected chi connectivity index (χ1v) is 6.66. The number of aryl methyl sites for hydroxylation is 1. The zero-order valence-corrected chi connectivity index (χ0v) is 10.9. The number of aromatic amines is 1. The summed E-state index contributed by atoms with van der Waals surface area (Å²) < 4.78 is 32.3. The van der Waals surface area contributed by atoms with Crippen molar-refractivity contribution in [3.05, 3.63) is 11.4 Å². The normalized spacial score (nSPS) is 11.5. The summed E-state index contributed by atoms with van der Waals surface area (Å²) in [6, 6.07) is 0. The number of carbonyl (C=O) groups excluding carboxylic acids is 1. The van der Waals surface area contributed by atoms with Gasteiger partial charge in [0, 0.05) is 20.1 Å². The van der Waals surface area contributed by atoms with Crippen LogP contribution in [0.5, 0.6) is 0 Å². The molecule has 0 aromatic carbocycles. The van der Waals surface area contributed by atoms with Crippen LogP contribution in [-0.4, -0.2) is 44.9 Å². The highest BCUT2D eigenvalue weighted by molar-refractivity contribution is 7.89. The van der Waals surface area contributed by atoms with Crippen molar-refractivity contribution in [2.24, 2.45) is 5.14 Å².